The second-order valence-corrected chi connectivity index (χ2v) is 5.80. The smallest absolute Gasteiger partial charge is 0.228 e. The molecule has 1 aliphatic rings. The molecule has 0 aromatic rings. The summed E-state index contributed by atoms with van der Waals surface area (Å²) < 4.78 is 5.09. The molecule has 0 aromatic heterocycles. The number of hydrogen-bond donors (Lipinski definition) is 1. The van der Waals surface area contributed by atoms with Crippen molar-refractivity contribution in [3.63, 3.8) is 0 Å². The normalized spacial score (nSPS) is 20.1. The second-order valence-electron chi connectivity index (χ2n) is 5.80. The minimum Gasteiger partial charge on any atom is -0.383 e. The number of amides is 1. The van der Waals surface area contributed by atoms with Gasteiger partial charge in [0.15, 0.2) is 0 Å². The van der Waals surface area contributed by atoms with E-state index >= 15 is 0 Å². The molecule has 4 heteroatoms. The third-order valence-electron chi connectivity index (χ3n) is 4.07. The van der Waals surface area contributed by atoms with Crippen molar-refractivity contribution in [2.75, 3.05) is 39.9 Å². The van der Waals surface area contributed by atoms with E-state index in [2.05, 4.69) is 25.7 Å². The summed E-state index contributed by atoms with van der Waals surface area (Å²) in [6.45, 7) is 11.7. The van der Waals surface area contributed by atoms with Crippen molar-refractivity contribution in [3.05, 3.63) is 12.7 Å². The van der Waals surface area contributed by atoms with Crippen LogP contribution in [0.2, 0.25) is 0 Å². The number of piperidine rings is 1. The molecule has 1 atom stereocenters. The van der Waals surface area contributed by atoms with Gasteiger partial charge < -0.3 is 15.0 Å². The average molecular weight is 268 g/mol. The molecular formula is C15H28N2O2. The lowest BCUT2D eigenvalue weighted by Crippen LogP contribution is -2.49. The zero-order chi connectivity index (χ0) is 14.3. The fraction of sp³-hybridized carbons (Fsp3) is 0.800. The van der Waals surface area contributed by atoms with Crippen LogP contribution in [-0.4, -0.2) is 50.7 Å². The van der Waals surface area contributed by atoms with Crippen LogP contribution in [0, 0.1) is 11.3 Å². The van der Waals surface area contributed by atoms with Crippen LogP contribution in [0.5, 0.6) is 0 Å². The Bertz CT molecular complexity index is 297. The Labute approximate surface area is 117 Å². The molecule has 1 heterocycles. The number of methoxy groups -OCH3 is 1. The molecule has 19 heavy (non-hydrogen) atoms. The third kappa shape index (κ3) is 4.32. The van der Waals surface area contributed by atoms with Gasteiger partial charge in [-0.2, -0.15) is 0 Å². The van der Waals surface area contributed by atoms with Crippen LogP contribution in [-0.2, 0) is 9.53 Å². The molecule has 1 aliphatic heterocycles. The van der Waals surface area contributed by atoms with E-state index in [0.717, 1.165) is 25.9 Å². The topological polar surface area (TPSA) is 41.6 Å². The zero-order valence-electron chi connectivity index (χ0n) is 12.6. The Kier molecular flexibility index (Phi) is 6.52. The SMILES string of the molecule is C=CCN(CCOC)C(=O)C(C)(C)C1CCCNC1. The van der Waals surface area contributed by atoms with Gasteiger partial charge in [-0.3, -0.25) is 4.79 Å². The number of carbonyl (C=O) groups excluding carboxylic acids is 1. The molecule has 0 spiro atoms. The second kappa shape index (κ2) is 7.65. The summed E-state index contributed by atoms with van der Waals surface area (Å²) in [4.78, 5) is 14.6. The Hall–Kier alpha value is -0.870. The number of carbonyl (C=O) groups is 1. The van der Waals surface area contributed by atoms with E-state index in [9.17, 15) is 4.79 Å². The van der Waals surface area contributed by atoms with Crippen molar-refractivity contribution in [1.82, 2.24) is 10.2 Å². The predicted molar refractivity (Wildman–Crippen MR) is 78.0 cm³/mol. The van der Waals surface area contributed by atoms with Crippen molar-refractivity contribution in [1.29, 1.82) is 0 Å². The summed E-state index contributed by atoms with van der Waals surface area (Å²) in [7, 11) is 1.66. The van der Waals surface area contributed by atoms with Gasteiger partial charge in [-0.1, -0.05) is 19.9 Å². The fourth-order valence-corrected chi connectivity index (χ4v) is 2.68. The van der Waals surface area contributed by atoms with Crippen LogP contribution in [0.1, 0.15) is 26.7 Å². The Morgan fingerprint density at radius 2 is 2.32 bits per heavy atom. The van der Waals surface area contributed by atoms with Gasteiger partial charge in [0.2, 0.25) is 5.91 Å². The van der Waals surface area contributed by atoms with Gasteiger partial charge in [0.1, 0.15) is 0 Å². The minimum absolute atomic E-state index is 0.207. The first-order valence-electron chi connectivity index (χ1n) is 7.14. The number of nitrogens with zero attached hydrogens (tertiary/aromatic N) is 1. The van der Waals surface area contributed by atoms with Crippen molar-refractivity contribution >= 4 is 5.91 Å². The molecule has 4 nitrogen and oxygen atoms in total. The molecular weight excluding hydrogens is 240 g/mol. The lowest BCUT2D eigenvalue weighted by molar-refractivity contribution is -0.143. The van der Waals surface area contributed by atoms with Crippen molar-refractivity contribution in [3.8, 4) is 0 Å². The summed E-state index contributed by atoms with van der Waals surface area (Å²) in [6.07, 6.45) is 4.06. The average Bonchev–Trinajstić information content (AvgIpc) is 2.43. The zero-order valence-corrected chi connectivity index (χ0v) is 12.6. The molecule has 1 N–H and O–H groups in total. The molecule has 0 aliphatic carbocycles. The third-order valence-corrected chi connectivity index (χ3v) is 4.07. The summed E-state index contributed by atoms with van der Waals surface area (Å²) in [5.41, 5.74) is -0.329. The summed E-state index contributed by atoms with van der Waals surface area (Å²) >= 11 is 0. The first-order chi connectivity index (χ1) is 9.04. The van der Waals surface area contributed by atoms with Crippen molar-refractivity contribution in [2.45, 2.75) is 26.7 Å². The highest BCUT2D eigenvalue weighted by Crippen LogP contribution is 2.33. The maximum absolute atomic E-state index is 12.8. The van der Waals surface area contributed by atoms with Gasteiger partial charge in [0, 0.05) is 25.6 Å². The Morgan fingerprint density at radius 1 is 1.58 bits per heavy atom. The highest BCUT2D eigenvalue weighted by molar-refractivity contribution is 5.82. The van der Waals surface area contributed by atoms with E-state index in [1.165, 1.54) is 0 Å². The van der Waals surface area contributed by atoms with Crippen LogP contribution in [0.4, 0.5) is 0 Å². The lowest BCUT2D eigenvalue weighted by atomic mass is 9.74. The van der Waals surface area contributed by atoms with Crippen LogP contribution in [0.3, 0.4) is 0 Å². The van der Waals surface area contributed by atoms with E-state index in [1.54, 1.807) is 13.2 Å². The van der Waals surface area contributed by atoms with Gasteiger partial charge in [-0.15, -0.1) is 6.58 Å². The molecule has 1 unspecified atom stereocenters. The van der Waals surface area contributed by atoms with E-state index in [1.807, 2.05) is 4.90 Å². The molecule has 110 valence electrons. The molecule has 1 saturated heterocycles. The number of nitrogens with one attached hydrogen (secondary N) is 1. The van der Waals surface area contributed by atoms with Gasteiger partial charge in [0.05, 0.1) is 6.61 Å². The molecule has 1 rings (SSSR count). The monoisotopic (exact) mass is 268 g/mol. The summed E-state index contributed by atoms with van der Waals surface area (Å²) in [5, 5.41) is 3.39. The van der Waals surface area contributed by atoms with Gasteiger partial charge in [-0.25, -0.2) is 0 Å². The number of rotatable bonds is 7. The molecule has 1 fully saturated rings. The van der Waals surface area contributed by atoms with Gasteiger partial charge in [-0.05, 0) is 31.8 Å². The maximum Gasteiger partial charge on any atom is 0.228 e. The quantitative estimate of drug-likeness (QED) is 0.714. The molecule has 0 radical (unpaired) electrons. The first-order valence-corrected chi connectivity index (χ1v) is 7.14. The Balaban J connectivity index is 2.71. The lowest BCUT2D eigenvalue weighted by Gasteiger charge is -2.39. The fourth-order valence-electron chi connectivity index (χ4n) is 2.68. The summed E-state index contributed by atoms with van der Waals surface area (Å²) in [5.74, 6) is 0.613. The standard InChI is InChI=1S/C15H28N2O2/c1-5-9-17(10-11-19-4)14(18)15(2,3)13-7-6-8-16-12-13/h5,13,16H,1,6-12H2,2-4H3. The van der Waals surface area contributed by atoms with Crippen molar-refractivity contribution in [2.24, 2.45) is 11.3 Å². The van der Waals surface area contributed by atoms with E-state index in [-0.39, 0.29) is 11.3 Å². The van der Waals surface area contributed by atoms with Crippen LogP contribution in [0.15, 0.2) is 12.7 Å². The van der Waals surface area contributed by atoms with Crippen LogP contribution in [0.25, 0.3) is 0 Å². The van der Waals surface area contributed by atoms with Crippen LogP contribution < -0.4 is 5.32 Å². The highest BCUT2D eigenvalue weighted by Gasteiger charge is 2.39. The van der Waals surface area contributed by atoms with Gasteiger partial charge >= 0.3 is 0 Å². The predicted octanol–water partition coefficient (Wildman–Crippen LogP) is 1.67. The molecule has 0 aromatic carbocycles. The highest BCUT2D eigenvalue weighted by atomic mass is 16.5. The van der Waals surface area contributed by atoms with E-state index in [4.69, 9.17) is 4.74 Å². The summed E-state index contributed by atoms with van der Waals surface area (Å²) in [6, 6.07) is 0. The van der Waals surface area contributed by atoms with E-state index < -0.39 is 0 Å². The largest absolute Gasteiger partial charge is 0.383 e. The van der Waals surface area contributed by atoms with Crippen molar-refractivity contribution < 1.29 is 9.53 Å². The molecule has 0 bridgehead atoms. The molecule has 1 amide bonds. The molecule has 0 saturated carbocycles. The van der Waals surface area contributed by atoms with Crippen LogP contribution >= 0.6 is 0 Å². The minimum atomic E-state index is -0.329. The number of ether oxygens (including phenoxy) is 1. The Morgan fingerprint density at radius 3 is 2.84 bits per heavy atom. The van der Waals surface area contributed by atoms with Gasteiger partial charge in [0.25, 0.3) is 0 Å². The first kappa shape index (κ1) is 16.2. The van der Waals surface area contributed by atoms with E-state index in [0.29, 0.717) is 25.6 Å². The number of hydrogen-bond acceptors (Lipinski definition) is 3. The maximum atomic E-state index is 12.8.